The van der Waals surface area contributed by atoms with E-state index in [4.69, 9.17) is 26.6 Å². The Bertz CT molecular complexity index is 234. The largest absolute Gasteiger partial charge is 0.370 e. The topological polar surface area (TPSA) is 223 Å². The Labute approximate surface area is 116 Å². The molecule has 12 heteroatoms. The van der Waals surface area contributed by atoms with Crippen LogP contribution in [-0.4, -0.2) is 11.9 Å². The molecule has 0 rings (SSSR count). The van der Waals surface area contributed by atoms with Crippen molar-refractivity contribution in [1.29, 1.82) is 26.6 Å². The van der Waals surface area contributed by atoms with Crippen LogP contribution in [0.3, 0.4) is 0 Å². The molecule has 0 heterocycles. The monoisotopic (exact) mass is 295 g/mol. The summed E-state index contributed by atoms with van der Waals surface area (Å²) in [6.07, 6.45) is 0. The van der Waals surface area contributed by atoms with Gasteiger partial charge in [-0.25, -0.2) is 0 Å². The molecule has 0 aliphatic carbocycles. The van der Waals surface area contributed by atoms with E-state index in [1.165, 1.54) is 16.2 Å². The van der Waals surface area contributed by atoms with Crippen LogP contribution in [0.5, 0.6) is 0 Å². The summed E-state index contributed by atoms with van der Waals surface area (Å²) < 4.78 is 0. The highest BCUT2D eigenvalue weighted by Gasteiger charge is 1.52. The molecule has 0 bridgehead atoms. The van der Waals surface area contributed by atoms with Gasteiger partial charge in [-0.15, -0.1) is 0 Å². The number of nitrogens with zero attached hydrogens (tertiary/aromatic N) is 3. The zero-order valence-electron chi connectivity index (χ0n) is 8.49. The molecular formula is C5H13N9S3. The molecule has 0 radical (unpaired) electrons. The Morgan fingerprint density at radius 1 is 0.706 bits per heavy atom. The number of hydrogen-bond donors (Lipinski definition) is 9. The van der Waals surface area contributed by atoms with Crippen molar-refractivity contribution < 1.29 is 0 Å². The Hall–Kier alpha value is -1.94. The molecule has 96 valence electrons. The van der Waals surface area contributed by atoms with E-state index in [0.29, 0.717) is 0 Å². The fourth-order valence-electron chi connectivity index (χ4n) is 0. The predicted octanol–water partition coefficient (Wildman–Crippen LogP) is -1.13. The van der Waals surface area contributed by atoms with Gasteiger partial charge in [0.1, 0.15) is 16.2 Å². The average Bonchev–Trinajstić information content (AvgIpc) is 2.03. The molecule has 0 aromatic heterocycles. The van der Waals surface area contributed by atoms with Crippen molar-refractivity contribution in [1.82, 2.24) is 0 Å². The first-order valence-corrected chi connectivity index (χ1v) is 4.34. The maximum absolute atomic E-state index is 7.18. The Morgan fingerprint density at radius 3 is 0.706 bits per heavy atom. The molecule has 10 N–H and O–H groups in total. The van der Waals surface area contributed by atoms with Crippen molar-refractivity contribution in [3.63, 3.8) is 0 Å². The number of nitrogens with two attached hydrogens (primary N) is 4. The summed E-state index contributed by atoms with van der Waals surface area (Å²) in [4.78, 5) is 0. The lowest BCUT2D eigenvalue weighted by atomic mass is 11.1. The standard InChI is InChI=1S/2CH5N3.3CHNS/c2*2-1(3)4;3*2-1-3/h2*(H5,2,3,4);3*3H. The number of nitriles is 3. The van der Waals surface area contributed by atoms with Gasteiger partial charge in [0.25, 0.3) is 0 Å². The molecule has 0 spiro atoms. The highest BCUT2D eigenvalue weighted by molar-refractivity contribution is 7.85. The number of rotatable bonds is 0. The van der Waals surface area contributed by atoms with Crippen molar-refractivity contribution in [2.75, 3.05) is 0 Å². The minimum atomic E-state index is -0.333. The maximum atomic E-state index is 7.18. The first-order valence-electron chi connectivity index (χ1n) is 3.00. The van der Waals surface area contributed by atoms with Crippen LogP contribution >= 0.6 is 37.9 Å². The van der Waals surface area contributed by atoms with Crippen LogP contribution < -0.4 is 22.9 Å². The van der Waals surface area contributed by atoms with Gasteiger partial charge >= 0.3 is 0 Å². The van der Waals surface area contributed by atoms with Crippen molar-refractivity contribution in [2.45, 2.75) is 0 Å². The van der Waals surface area contributed by atoms with E-state index >= 15 is 0 Å². The number of guanidine groups is 2. The number of thiol groups is 3. The highest BCUT2D eigenvalue weighted by Crippen LogP contribution is 1.47. The van der Waals surface area contributed by atoms with Crippen molar-refractivity contribution in [3.8, 4) is 16.2 Å². The molecule has 17 heavy (non-hydrogen) atoms. The Balaban J connectivity index is -0.0000000356. The summed E-state index contributed by atoms with van der Waals surface area (Å²) in [6.45, 7) is 0. The van der Waals surface area contributed by atoms with E-state index in [1.807, 2.05) is 0 Å². The maximum Gasteiger partial charge on any atom is 0.183 e. The third-order valence-electron chi connectivity index (χ3n) is 0. The molecule has 0 aliphatic heterocycles. The van der Waals surface area contributed by atoms with Gasteiger partial charge in [-0.05, 0) is 0 Å². The quantitative estimate of drug-likeness (QED) is 0.115. The van der Waals surface area contributed by atoms with E-state index < -0.39 is 0 Å². The zero-order valence-corrected chi connectivity index (χ0v) is 11.2. The summed E-state index contributed by atoms with van der Waals surface area (Å²) in [7, 11) is 0. The molecular weight excluding hydrogens is 282 g/mol. The second kappa shape index (κ2) is 48.1. The van der Waals surface area contributed by atoms with Gasteiger partial charge in [0, 0.05) is 0 Å². The number of thiocyanates is 3. The summed E-state index contributed by atoms with van der Waals surface area (Å²) in [5.41, 5.74) is 17.9. The van der Waals surface area contributed by atoms with E-state index in [9.17, 15) is 0 Å². The van der Waals surface area contributed by atoms with Gasteiger partial charge in [-0.1, -0.05) is 37.9 Å². The first kappa shape index (κ1) is 29.4. The van der Waals surface area contributed by atoms with Crippen molar-refractivity contribution in [2.24, 2.45) is 22.9 Å². The van der Waals surface area contributed by atoms with Gasteiger partial charge in [-0.3, -0.25) is 10.8 Å². The predicted molar refractivity (Wildman–Crippen MR) is 76.0 cm³/mol. The summed E-state index contributed by atoms with van der Waals surface area (Å²) >= 11 is 9.28. The van der Waals surface area contributed by atoms with Gasteiger partial charge < -0.3 is 22.9 Å². The summed E-state index contributed by atoms with van der Waals surface area (Å²) in [5.74, 6) is -0.667. The van der Waals surface area contributed by atoms with Gasteiger partial charge in [0.2, 0.25) is 0 Å². The van der Waals surface area contributed by atoms with Gasteiger partial charge in [-0.2, -0.15) is 15.8 Å². The fraction of sp³-hybridized carbons (Fsp3) is 0. The minimum absolute atomic E-state index is 0.333. The molecule has 0 unspecified atom stereocenters. The molecule has 0 aromatic carbocycles. The van der Waals surface area contributed by atoms with Crippen LogP contribution in [0.15, 0.2) is 0 Å². The van der Waals surface area contributed by atoms with Crippen molar-refractivity contribution in [3.05, 3.63) is 0 Å². The average molecular weight is 295 g/mol. The molecule has 0 aliphatic rings. The zero-order chi connectivity index (χ0) is 15.3. The third kappa shape index (κ3) is 543. The lowest BCUT2D eigenvalue weighted by Crippen LogP contribution is -2.20. The second-order valence-corrected chi connectivity index (χ2v) is 1.81. The van der Waals surface area contributed by atoms with E-state index in [2.05, 4.69) is 60.8 Å². The minimum Gasteiger partial charge on any atom is -0.370 e. The molecule has 0 amide bonds. The summed E-state index contributed by atoms with van der Waals surface area (Å²) in [5, 5.41) is 38.0. The van der Waals surface area contributed by atoms with Crippen LogP contribution in [0.2, 0.25) is 0 Å². The molecule has 9 nitrogen and oxygen atoms in total. The number of hydrogen-bond acceptors (Lipinski definition) is 8. The van der Waals surface area contributed by atoms with Gasteiger partial charge in [0.05, 0.1) is 0 Å². The Morgan fingerprint density at radius 2 is 0.706 bits per heavy atom. The second-order valence-electron chi connectivity index (χ2n) is 1.21. The Kier molecular flexibility index (Phi) is 83.3. The normalized spacial score (nSPS) is 4.24. The lowest BCUT2D eigenvalue weighted by molar-refractivity contribution is 1.38. The molecule has 0 atom stereocenters. The highest BCUT2D eigenvalue weighted by atomic mass is 32.1. The van der Waals surface area contributed by atoms with Crippen LogP contribution in [0.4, 0.5) is 0 Å². The van der Waals surface area contributed by atoms with Crippen LogP contribution in [-0.2, 0) is 0 Å². The van der Waals surface area contributed by atoms with E-state index in [1.54, 1.807) is 0 Å². The van der Waals surface area contributed by atoms with Crippen molar-refractivity contribution >= 4 is 49.8 Å². The number of nitrogens with one attached hydrogen (secondary N) is 2. The van der Waals surface area contributed by atoms with E-state index in [-0.39, 0.29) is 11.9 Å². The third-order valence-corrected chi connectivity index (χ3v) is 0. The first-order chi connectivity index (χ1) is 7.71. The van der Waals surface area contributed by atoms with Gasteiger partial charge in [0.15, 0.2) is 11.9 Å². The SMILES string of the molecule is N#CS.N#CS.N#CS.N=C(N)N.N=C(N)N. The molecule has 0 saturated carbocycles. The van der Waals surface area contributed by atoms with Crippen LogP contribution in [0, 0.1) is 42.8 Å². The smallest absolute Gasteiger partial charge is 0.183 e. The lowest BCUT2D eigenvalue weighted by Gasteiger charge is -1.69. The fourth-order valence-corrected chi connectivity index (χ4v) is 0. The summed E-state index contributed by atoms with van der Waals surface area (Å²) in [6, 6.07) is 0. The molecule has 0 aromatic rings. The van der Waals surface area contributed by atoms with E-state index in [0.717, 1.165) is 0 Å². The van der Waals surface area contributed by atoms with Crippen LogP contribution in [0.25, 0.3) is 0 Å². The van der Waals surface area contributed by atoms with Crippen LogP contribution in [0.1, 0.15) is 0 Å². The molecule has 0 fully saturated rings. The molecule has 0 saturated heterocycles.